The second-order valence-electron chi connectivity index (χ2n) is 10.5. The number of ether oxygens (including phenoxy) is 2. The maximum Gasteiger partial charge on any atom is 0.305 e. The third-order valence-corrected chi connectivity index (χ3v) is 6.46. The zero-order valence-corrected chi connectivity index (χ0v) is 25.5. The van der Waals surface area contributed by atoms with Crippen LogP contribution in [0.1, 0.15) is 84.5 Å². The van der Waals surface area contributed by atoms with Crippen LogP contribution in [-0.2, 0) is 37.5 Å². The van der Waals surface area contributed by atoms with Gasteiger partial charge in [0.15, 0.2) is 11.9 Å². The first-order valence-corrected chi connectivity index (χ1v) is 15.4. The van der Waals surface area contributed by atoms with Crippen molar-refractivity contribution in [3.05, 3.63) is 24.3 Å². The van der Waals surface area contributed by atoms with Crippen molar-refractivity contribution in [3.63, 3.8) is 0 Å². The van der Waals surface area contributed by atoms with Gasteiger partial charge in [-0.2, -0.15) is 0 Å². The number of carbonyl (C=O) groups excluding carboxylic acids is 3. The molecule has 0 aliphatic heterocycles. The van der Waals surface area contributed by atoms with E-state index in [0.29, 0.717) is 23.9 Å². The Hall–Kier alpha value is -1.84. The second kappa shape index (κ2) is 21.9. The summed E-state index contributed by atoms with van der Waals surface area (Å²) in [4.78, 5) is 46.9. The normalized spacial score (nSPS) is 14.4. The summed E-state index contributed by atoms with van der Waals surface area (Å²) >= 11 is 0. The van der Waals surface area contributed by atoms with Gasteiger partial charge in [-0.1, -0.05) is 57.3 Å². The summed E-state index contributed by atoms with van der Waals surface area (Å²) in [7, 11) is 1.10. The van der Waals surface area contributed by atoms with Gasteiger partial charge in [-0.15, -0.1) is 0 Å². The number of hydrogen-bond acceptors (Lipinski definition) is 9. The Morgan fingerprint density at radius 3 is 2.23 bits per heavy atom. The number of hydrogen-bond donors (Lipinski definition) is 0. The number of carbonyl (C=O) groups is 3. The SMILES string of the molecule is CCCCCC(=O)/C=C/C=C\CCCCCCCC(=O)OC[C@H](COP(=O)([O-])OCC[N+](C)(C)C)OC(C)=O. The zero-order chi connectivity index (χ0) is 29.6. The van der Waals surface area contributed by atoms with Crippen LogP contribution in [0.4, 0.5) is 0 Å². The van der Waals surface area contributed by atoms with E-state index in [0.717, 1.165) is 51.4 Å². The van der Waals surface area contributed by atoms with Crippen LogP contribution in [0, 0.1) is 0 Å². The minimum Gasteiger partial charge on any atom is -0.756 e. The molecule has 0 fully saturated rings. The molecule has 0 aromatic heterocycles. The van der Waals surface area contributed by atoms with E-state index in [1.807, 2.05) is 27.2 Å². The molecule has 2 atom stereocenters. The van der Waals surface area contributed by atoms with Crippen LogP contribution in [0.3, 0.4) is 0 Å². The number of likely N-dealkylation sites (N-methyl/N-ethyl adjacent to an activating group) is 1. The van der Waals surface area contributed by atoms with Crippen LogP contribution >= 0.6 is 7.82 Å². The van der Waals surface area contributed by atoms with Gasteiger partial charge in [0, 0.05) is 19.8 Å². The highest BCUT2D eigenvalue weighted by Gasteiger charge is 2.20. The van der Waals surface area contributed by atoms with Crippen molar-refractivity contribution in [2.24, 2.45) is 0 Å². The third kappa shape index (κ3) is 26.2. The largest absolute Gasteiger partial charge is 0.756 e. The van der Waals surface area contributed by atoms with Gasteiger partial charge in [0.25, 0.3) is 7.82 Å². The Morgan fingerprint density at radius 2 is 1.56 bits per heavy atom. The standard InChI is InChI=1S/C28H50NO9P/c1-6-7-15-18-26(31)19-16-13-11-9-8-10-12-14-17-20-28(32)35-23-27(38-25(2)30)24-37-39(33,34)36-22-21-29(3,4)5/h11,13,16,19,27H,6-10,12,14-15,17-18,20-24H2,1-5H3/b13-11-,19-16+/t27-/m1/s1. The van der Waals surface area contributed by atoms with E-state index in [4.69, 9.17) is 18.5 Å². The number of unbranched alkanes of at least 4 members (excludes halogenated alkanes) is 7. The quantitative estimate of drug-likeness (QED) is 0.0403. The Labute approximate surface area is 234 Å². The van der Waals surface area contributed by atoms with E-state index < -0.39 is 32.5 Å². The van der Waals surface area contributed by atoms with Crippen molar-refractivity contribution in [2.45, 2.75) is 90.6 Å². The molecule has 0 radical (unpaired) electrons. The maximum absolute atomic E-state index is 12.0. The summed E-state index contributed by atoms with van der Waals surface area (Å²) in [6.07, 6.45) is 15.9. The highest BCUT2D eigenvalue weighted by atomic mass is 31.2. The minimum atomic E-state index is -4.58. The van der Waals surface area contributed by atoms with Gasteiger partial charge in [-0.3, -0.25) is 18.9 Å². The predicted octanol–water partition coefficient (Wildman–Crippen LogP) is 4.66. The summed E-state index contributed by atoms with van der Waals surface area (Å²) in [5, 5.41) is 0. The lowest BCUT2D eigenvalue weighted by Gasteiger charge is -2.28. The van der Waals surface area contributed by atoms with E-state index in [-0.39, 0.29) is 25.4 Å². The summed E-state index contributed by atoms with van der Waals surface area (Å²) in [6.45, 7) is 2.89. The summed E-state index contributed by atoms with van der Waals surface area (Å²) in [6, 6.07) is 0. The van der Waals surface area contributed by atoms with Gasteiger partial charge in [0.2, 0.25) is 0 Å². The number of ketones is 1. The molecule has 0 amide bonds. The fourth-order valence-electron chi connectivity index (χ4n) is 3.28. The first kappa shape index (κ1) is 37.2. The van der Waals surface area contributed by atoms with Crippen LogP contribution in [0.2, 0.25) is 0 Å². The smallest absolute Gasteiger partial charge is 0.305 e. The summed E-state index contributed by atoms with van der Waals surface area (Å²) in [5.41, 5.74) is 0. The number of allylic oxidation sites excluding steroid dienone is 4. The Bertz CT molecular complexity index is 805. The molecule has 0 saturated carbocycles. The van der Waals surface area contributed by atoms with Crippen LogP contribution < -0.4 is 4.89 Å². The topological polar surface area (TPSA) is 128 Å². The fourth-order valence-corrected chi connectivity index (χ4v) is 4.01. The monoisotopic (exact) mass is 575 g/mol. The highest BCUT2D eigenvalue weighted by molar-refractivity contribution is 7.45. The molecule has 0 heterocycles. The molecule has 11 heteroatoms. The third-order valence-electron chi connectivity index (χ3n) is 5.50. The molecule has 226 valence electrons. The number of rotatable bonds is 24. The zero-order valence-electron chi connectivity index (χ0n) is 24.6. The predicted molar refractivity (Wildman–Crippen MR) is 149 cm³/mol. The first-order valence-electron chi connectivity index (χ1n) is 13.9. The average Bonchev–Trinajstić information content (AvgIpc) is 2.83. The van der Waals surface area contributed by atoms with Crippen LogP contribution in [0.25, 0.3) is 0 Å². The minimum absolute atomic E-state index is 0.0487. The molecule has 0 spiro atoms. The molecule has 0 aliphatic carbocycles. The van der Waals surface area contributed by atoms with Crippen LogP contribution in [-0.4, -0.2) is 75.8 Å². The Morgan fingerprint density at radius 1 is 0.897 bits per heavy atom. The van der Waals surface area contributed by atoms with Gasteiger partial charge in [0.1, 0.15) is 19.8 Å². The lowest BCUT2D eigenvalue weighted by molar-refractivity contribution is -0.870. The summed E-state index contributed by atoms with van der Waals surface area (Å²) in [5.74, 6) is -0.921. The molecular weight excluding hydrogens is 525 g/mol. The summed E-state index contributed by atoms with van der Waals surface area (Å²) < 4.78 is 32.2. The lowest BCUT2D eigenvalue weighted by Crippen LogP contribution is -2.37. The molecule has 0 saturated heterocycles. The molecule has 1 unspecified atom stereocenters. The first-order chi connectivity index (χ1) is 18.3. The molecule has 0 bridgehead atoms. The number of esters is 2. The average molecular weight is 576 g/mol. The Balaban J connectivity index is 4.05. The van der Waals surface area contributed by atoms with Crippen molar-refractivity contribution in [3.8, 4) is 0 Å². The van der Waals surface area contributed by atoms with Gasteiger partial charge in [-0.05, 0) is 31.8 Å². The van der Waals surface area contributed by atoms with E-state index in [1.165, 1.54) is 6.92 Å². The molecule has 10 nitrogen and oxygen atoms in total. The number of phosphoric acid groups is 1. The number of nitrogens with zero attached hydrogens (tertiary/aromatic N) is 1. The van der Waals surface area contributed by atoms with Crippen molar-refractivity contribution in [1.82, 2.24) is 0 Å². The molecular formula is C28H50NO9P. The Kier molecular flexibility index (Phi) is 20.9. The lowest BCUT2D eigenvalue weighted by atomic mass is 10.1. The van der Waals surface area contributed by atoms with E-state index >= 15 is 0 Å². The molecule has 39 heavy (non-hydrogen) atoms. The molecule has 0 rings (SSSR count). The highest BCUT2D eigenvalue weighted by Crippen LogP contribution is 2.38. The van der Waals surface area contributed by atoms with Crippen molar-refractivity contribution < 1.29 is 46.8 Å². The molecule has 0 aromatic carbocycles. The second-order valence-corrected chi connectivity index (χ2v) is 11.9. The van der Waals surface area contributed by atoms with Crippen LogP contribution in [0.5, 0.6) is 0 Å². The van der Waals surface area contributed by atoms with E-state index in [9.17, 15) is 23.8 Å². The van der Waals surface area contributed by atoms with Gasteiger partial charge in [-0.25, -0.2) is 0 Å². The number of phosphoric ester groups is 1. The van der Waals surface area contributed by atoms with Gasteiger partial charge < -0.3 is 27.9 Å². The van der Waals surface area contributed by atoms with Gasteiger partial charge in [0.05, 0.1) is 27.7 Å². The molecule has 0 aromatic rings. The van der Waals surface area contributed by atoms with Crippen molar-refractivity contribution >= 4 is 25.5 Å². The van der Waals surface area contributed by atoms with Crippen molar-refractivity contribution in [1.29, 1.82) is 0 Å². The van der Waals surface area contributed by atoms with Crippen molar-refractivity contribution in [2.75, 3.05) is 47.5 Å². The van der Waals surface area contributed by atoms with Gasteiger partial charge >= 0.3 is 11.9 Å². The van der Waals surface area contributed by atoms with E-state index in [2.05, 4.69) is 13.0 Å². The molecule has 0 aliphatic rings. The maximum atomic E-state index is 12.0. The van der Waals surface area contributed by atoms with E-state index in [1.54, 1.807) is 12.2 Å². The molecule has 0 N–H and O–H groups in total. The fraction of sp³-hybridized carbons (Fsp3) is 0.750. The number of quaternary nitrogens is 1. The van der Waals surface area contributed by atoms with Crippen LogP contribution in [0.15, 0.2) is 24.3 Å².